The van der Waals surface area contributed by atoms with Crippen molar-refractivity contribution >= 4 is 5.69 Å². The lowest BCUT2D eigenvalue weighted by Crippen LogP contribution is -2.46. The maximum Gasteiger partial charge on any atom is 0.226 e. The van der Waals surface area contributed by atoms with Gasteiger partial charge in [-0.1, -0.05) is 6.07 Å². The highest BCUT2D eigenvalue weighted by molar-refractivity contribution is 5.53. The van der Waals surface area contributed by atoms with Gasteiger partial charge in [-0.15, -0.1) is 0 Å². The molecule has 1 aliphatic heterocycles. The fourth-order valence-corrected chi connectivity index (χ4v) is 3.18. The van der Waals surface area contributed by atoms with Gasteiger partial charge in [-0.3, -0.25) is 4.90 Å². The van der Waals surface area contributed by atoms with Crippen molar-refractivity contribution in [3.05, 3.63) is 72.1 Å². The highest BCUT2D eigenvalue weighted by atomic mass is 19.1. The maximum absolute atomic E-state index is 13.3. The number of oxazole rings is 1. The first-order chi connectivity index (χ1) is 12.7. The predicted molar refractivity (Wildman–Crippen MR) is 95.8 cm³/mol. The molecular formula is C20H19F2N3O. The van der Waals surface area contributed by atoms with E-state index >= 15 is 0 Å². The Balaban J connectivity index is 1.35. The van der Waals surface area contributed by atoms with Crippen molar-refractivity contribution in [2.24, 2.45) is 0 Å². The van der Waals surface area contributed by atoms with Gasteiger partial charge in [0.1, 0.15) is 17.9 Å². The average molecular weight is 355 g/mol. The van der Waals surface area contributed by atoms with Crippen molar-refractivity contribution < 1.29 is 13.2 Å². The van der Waals surface area contributed by atoms with Crippen LogP contribution in [0.2, 0.25) is 0 Å². The van der Waals surface area contributed by atoms with E-state index in [-0.39, 0.29) is 11.6 Å². The average Bonchev–Trinajstić information content (AvgIpc) is 3.12. The standard InChI is InChI=1S/C20H19F2N3O/c21-16-4-6-19(7-5-16)25-10-8-24(9-11-25)13-18-14-26-20(23-18)15-2-1-3-17(22)12-15/h1-7,12,14H,8-11,13H2. The summed E-state index contributed by atoms with van der Waals surface area (Å²) in [5.74, 6) is -0.0869. The molecule has 3 aromatic rings. The van der Waals surface area contributed by atoms with Crippen molar-refractivity contribution in [3.63, 3.8) is 0 Å². The number of halogens is 2. The van der Waals surface area contributed by atoms with Gasteiger partial charge in [0.15, 0.2) is 0 Å². The van der Waals surface area contributed by atoms with E-state index in [0.29, 0.717) is 18.0 Å². The van der Waals surface area contributed by atoms with Crippen molar-refractivity contribution in [3.8, 4) is 11.5 Å². The largest absolute Gasteiger partial charge is 0.444 e. The number of rotatable bonds is 4. The van der Waals surface area contributed by atoms with Crippen LogP contribution in [0.15, 0.2) is 59.2 Å². The molecule has 1 aliphatic rings. The molecule has 2 heterocycles. The van der Waals surface area contributed by atoms with E-state index in [1.54, 1.807) is 18.4 Å². The fraction of sp³-hybridized carbons (Fsp3) is 0.250. The van der Waals surface area contributed by atoms with Crippen molar-refractivity contribution in [1.82, 2.24) is 9.88 Å². The number of nitrogens with zero attached hydrogens (tertiary/aromatic N) is 3. The Bertz CT molecular complexity index is 871. The minimum atomic E-state index is -0.306. The topological polar surface area (TPSA) is 32.5 Å². The number of piperazine rings is 1. The van der Waals surface area contributed by atoms with E-state index in [0.717, 1.165) is 37.6 Å². The van der Waals surface area contributed by atoms with E-state index in [1.807, 2.05) is 12.1 Å². The molecule has 1 aromatic heterocycles. The normalized spacial score (nSPS) is 15.4. The maximum atomic E-state index is 13.3. The van der Waals surface area contributed by atoms with Gasteiger partial charge in [0.2, 0.25) is 5.89 Å². The Morgan fingerprint density at radius 1 is 0.923 bits per heavy atom. The predicted octanol–water partition coefficient (Wildman–Crippen LogP) is 3.94. The lowest BCUT2D eigenvalue weighted by molar-refractivity contribution is 0.247. The summed E-state index contributed by atoms with van der Waals surface area (Å²) < 4.78 is 31.9. The summed E-state index contributed by atoms with van der Waals surface area (Å²) in [6, 6.07) is 12.8. The Labute approximate surface area is 150 Å². The quantitative estimate of drug-likeness (QED) is 0.710. The zero-order chi connectivity index (χ0) is 17.9. The van der Waals surface area contributed by atoms with E-state index < -0.39 is 0 Å². The number of benzene rings is 2. The van der Waals surface area contributed by atoms with Gasteiger partial charge in [-0.2, -0.15) is 0 Å². The third-order valence-electron chi connectivity index (χ3n) is 4.57. The lowest BCUT2D eigenvalue weighted by Gasteiger charge is -2.35. The summed E-state index contributed by atoms with van der Waals surface area (Å²) in [4.78, 5) is 9.02. The SMILES string of the molecule is Fc1ccc(N2CCN(Cc3coc(-c4cccc(F)c4)n3)CC2)cc1. The molecule has 0 atom stereocenters. The number of hydrogen-bond acceptors (Lipinski definition) is 4. The van der Waals surface area contributed by atoms with Crippen molar-refractivity contribution in [1.29, 1.82) is 0 Å². The second kappa shape index (κ2) is 7.25. The Hall–Kier alpha value is -2.73. The molecule has 0 saturated carbocycles. The van der Waals surface area contributed by atoms with E-state index in [9.17, 15) is 8.78 Å². The third kappa shape index (κ3) is 3.75. The van der Waals surface area contributed by atoms with Crippen LogP contribution in [0.25, 0.3) is 11.5 Å². The monoisotopic (exact) mass is 355 g/mol. The van der Waals surface area contributed by atoms with Gasteiger partial charge >= 0.3 is 0 Å². The summed E-state index contributed by atoms with van der Waals surface area (Å²) in [5.41, 5.74) is 2.51. The molecule has 0 spiro atoms. The highest BCUT2D eigenvalue weighted by Gasteiger charge is 2.19. The molecule has 0 amide bonds. The molecule has 4 rings (SSSR count). The molecule has 0 bridgehead atoms. The molecule has 0 unspecified atom stereocenters. The lowest BCUT2D eigenvalue weighted by atomic mass is 10.2. The molecule has 6 heteroatoms. The van der Waals surface area contributed by atoms with Gasteiger partial charge in [-0.05, 0) is 42.5 Å². The molecule has 0 aliphatic carbocycles. The van der Waals surface area contributed by atoms with Crippen LogP contribution in [0.3, 0.4) is 0 Å². The van der Waals surface area contributed by atoms with Gasteiger partial charge in [0, 0.05) is 44.0 Å². The molecule has 1 saturated heterocycles. The van der Waals surface area contributed by atoms with Crippen LogP contribution in [-0.2, 0) is 6.54 Å². The van der Waals surface area contributed by atoms with E-state index in [4.69, 9.17) is 4.42 Å². The van der Waals surface area contributed by atoms with Gasteiger partial charge in [0.25, 0.3) is 0 Å². The molecule has 0 N–H and O–H groups in total. The minimum absolute atomic E-state index is 0.215. The molecule has 26 heavy (non-hydrogen) atoms. The summed E-state index contributed by atoms with van der Waals surface area (Å²) in [7, 11) is 0. The van der Waals surface area contributed by atoms with E-state index in [1.165, 1.54) is 24.3 Å². The summed E-state index contributed by atoms with van der Waals surface area (Å²) in [5, 5.41) is 0. The molecule has 0 radical (unpaired) electrons. The molecule has 2 aromatic carbocycles. The van der Waals surface area contributed by atoms with Crippen LogP contribution in [0.1, 0.15) is 5.69 Å². The van der Waals surface area contributed by atoms with Gasteiger partial charge in [0.05, 0.1) is 5.69 Å². The molecule has 1 fully saturated rings. The fourth-order valence-electron chi connectivity index (χ4n) is 3.18. The van der Waals surface area contributed by atoms with Crippen LogP contribution in [0.5, 0.6) is 0 Å². The van der Waals surface area contributed by atoms with Gasteiger partial charge in [-0.25, -0.2) is 13.8 Å². The zero-order valence-electron chi connectivity index (χ0n) is 14.2. The number of hydrogen-bond donors (Lipinski definition) is 0. The summed E-state index contributed by atoms with van der Waals surface area (Å²) in [6.07, 6.45) is 1.63. The van der Waals surface area contributed by atoms with E-state index in [2.05, 4.69) is 14.8 Å². The summed E-state index contributed by atoms with van der Waals surface area (Å²) >= 11 is 0. The molecule has 4 nitrogen and oxygen atoms in total. The Kier molecular flexibility index (Phi) is 4.67. The smallest absolute Gasteiger partial charge is 0.226 e. The molecule has 134 valence electrons. The number of aromatic nitrogens is 1. The summed E-state index contributed by atoms with van der Waals surface area (Å²) in [6.45, 7) is 4.22. The Morgan fingerprint density at radius 3 is 2.42 bits per heavy atom. The number of anilines is 1. The zero-order valence-corrected chi connectivity index (χ0v) is 14.2. The van der Waals surface area contributed by atoms with Crippen molar-refractivity contribution in [2.45, 2.75) is 6.54 Å². The first-order valence-corrected chi connectivity index (χ1v) is 8.60. The third-order valence-corrected chi connectivity index (χ3v) is 4.57. The first kappa shape index (κ1) is 16.7. The van der Waals surface area contributed by atoms with Crippen LogP contribution in [0, 0.1) is 11.6 Å². The van der Waals surface area contributed by atoms with Crippen LogP contribution >= 0.6 is 0 Å². The second-order valence-corrected chi connectivity index (χ2v) is 6.39. The van der Waals surface area contributed by atoms with Crippen LogP contribution in [-0.4, -0.2) is 36.1 Å². The molecular weight excluding hydrogens is 336 g/mol. The van der Waals surface area contributed by atoms with Gasteiger partial charge < -0.3 is 9.32 Å². The second-order valence-electron chi connectivity index (χ2n) is 6.39. The highest BCUT2D eigenvalue weighted by Crippen LogP contribution is 2.21. The first-order valence-electron chi connectivity index (χ1n) is 8.60. The van der Waals surface area contributed by atoms with Crippen LogP contribution < -0.4 is 4.90 Å². The van der Waals surface area contributed by atoms with Crippen molar-refractivity contribution in [2.75, 3.05) is 31.1 Å². The minimum Gasteiger partial charge on any atom is -0.444 e. The Morgan fingerprint density at radius 2 is 1.69 bits per heavy atom. The van der Waals surface area contributed by atoms with Crippen LogP contribution in [0.4, 0.5) is 14.5 Å².